The fourth-order valence-electron chi connectivity index (χ4n) is 5.58. The van der Waals surface area contributed by atoms with Crippen molar-refractivity contribution in [1.82, 2.24) is 14.7 Å². The van der Waals surface area contributed by atoms with E-state index in [9.17, 15) is 9.59 Å². The van der Waals surface area contributed by atoms with Crippen LogP contribution in [0.25, 0.3) is 0 Å². The fraction of sp³-hybridized carbons (Fsp3) is 0.667. The predicted octanol–water partition coefficient (Wildman–Crippen LogP) is 3.43. The van der Waals surface area contributed by atoms with Gasteiger partial charge in [-0.2, -0.15) is 0 Å². The van der Waals surface area contributed by atoms with E-state index in [0.717, 1.165) is 58.5 Å². The number of carbonyl (C=O) groups is 2. The van der Waals surface area contributed by atoms with Crippen LogP contribution in [0.4, 0.5) is 0 Å². The van der Waals surface area contributed by atoms with E-state index >= 15 is 0 Å². The number of benzene rings is 1. The largest absolute Gasteiger partial charge is 0.301 e. The maximum atomic E-state index is 13.1. The van der Waals surface area contributed by atoms with Crippen LogP contribution in [0.2, 0.25) is 0 Å². The Hall–Kier alpha value is -1.43. The summed E-state index contributed by atoms with van der Waals surface area (Å²) < 4.78 is 0. The Kier molecular flexibility index (Phi) is 6.95. The van der Waals surface area contributed by atoms with Crippen molar-refractivity contribution in [2.24, 2.45) is 16.7 Å². The van der Waals surface area contributed by atoms with Gasteiger partial charge in [-0.15, -0.1) is 12.4 Å². The number of piperazine rings is 1. The van der Waals surface area contributed by atoms with Crippen molar-refractivity contribution in [3.05, 3.63) is 35.9 Å². The van der Waals surface area contributed by atoms with Gasteiger partial charge >= 0.3 is 0 Å². The van der Waals surface area contributed by atoms with Gasteiger partial charge in [-0.1, -0.05) is 51.1 Å². The van der Waals surface area contributed by atoms with Gasteiger partial charge in [0.15, 0.2) is 0 Å². The molecule has 0 aromatic heterocycles. The summed E-state index contributed by atoms with van der Waals surface area (Å²) in [5.41, 5.74) is 0.774. The van der Waals surface area contributed by atoms with Crippen LogP contribution in [0, 0.1) is 16.7 Å². The standard InChI is InChI=1S/C24H35N3O2.ClH/c1-23(2)20-10-11-24(23,3)22(29)27(21(20)28)13-7-12-25-14-16-26(17-15-25)18-19-8-5-4-6-9-19;/h4-6,8-9,20H,7,10-18H2,1-3H3;1H. The quantitative estimate of drug-likeness (QED) is 0.645. The number of amides is 2. The predicted molar refractivity (Wildman–Crippen MR) is 121 cm³/mol. The summed E-state index contributed by atoms with van der Waals surface area (Å²) >= 11 is 0. The number of nitrogens with zero attached hydrogens (tertiary/aromatic N) is 3. The second-order valence-corrected chi connectivity index (χ2v) is 9.90. The Bertz CT molecular complexity index is 761. The minimum absolute atomic E-state index is 0. The van der Waals surface area contributed by atoms with Gasteiger partial charge in [0.05, 0.1) is 5.41 Å². The van der Waals surface area contributed by atoms with Crippen molar-refractivity contribution in [1.29, 1.82) is 0 Å². The second-order valence-electron chi connectivity index (χ2n) is 9.90. The van der Waals surface area contributed by atoms with E-state index in [0.29, 0.717) is 6.54 Å². The minimum Gasteiger partial charge on any atom is -0.301 e. The van der Waals surface area contributed by atoms with E-state index < -0.39 is 0 Å². The lowest BCUT2D eigenvalue weighted by atomic mass is 9.62. The van der Waals surface area contributed by atoms with Crippen LogP contribution >= 0.6 is 12.4 Å². The molecule has 1 aliphatic carbocycles. The maximum Gasteiger partial charge on any atom is 0.235 e. The van der Waals surface area contributed by atoms with Crippen molar-refractivity contribution in [3.8, 4) is 0 Å². The molecule has 2 atom stereocenters. The molecule has 2 saturated heterocycles. The van der Waals surface area contributed by atoms with Crippen molar-refractivity contribution in [2.45, 2.75) is 46.6 Å². The van der Waals surface area contributed by atoms with E-state index in [2.05, 4.69) is 60.9 Å². The lowest BCUT2D eigenvalue weighted by molar-refractivity contribution is -0.167. The fourth-order valence-corrected chi connectivity index (χ4v) is 5.58. The first-order valence-corrected chi connectivity index (χ1v) is 11.2. The highest BCUT2D eigenvalue weighted by atomic mass is 35.5. The molecule has 2 amide bonds. The monoisotopic (exact) mass is 433 g/mol. The van der Waals surface area contributed by atoms with Crippen LogP contribution in [0.3, 0.4) is 0 Å². The Morgan fingerprint density at radius 2 is 1.57 bits per heavy atom. The summed E-state index contributed by atoms with van der Waals surface area (Å²) in [5, 5.41) is 0. The van der Waals surface area contributed by atoms with Gasteiger partial charge in [0.1, 0.15) is 0 Å². The zero-order chi connectivity index (χ0) is 20.6. The summed E-state index contributed by atoms with van der Waals surface area (Å²) in [4.78, 5) is 32.6. The Labute approximate surface area is 187 Å². The van der Waals surface area contributed by atoms with Crippen LogP contribution in [0.1, 0.15) is 45.6 Å². The number of likely N-dealkylation sites (tertiary alicyclic amines) is 1. The third kappa shape index (κ3) is 4.04. The van der Waals surface area contributed by atoms with E-state index in [1.165, 1.54) is 5.56 Å². The van der Waals surface area contributed by atoms with Crippen LogP contribution in [-0.2, 0) is 16.1 Å². The summed E-state index contributed by atoms with van der Waals surface area (Å²) in [6, 6.07) is 10.6. The molecule has 1 aromatic rings. The number of fused-ring (bicyclic) bond motifs is 2. The molecule has 30 heavy (non-hydrogen) atoms. The molecule has 2 heterocycles. The lowest BCUT2D eigenvalue weighted by Gasteiger charge is -2.47. The van der Waals surface area contributed by atoms with Gasteiger partial charge in [-0.05, 0) is 36.8 Å². The second kappa shape index (κ2) is 8.97. The molecule has 0 radical (unpaired) electrons. The highest BCUT2D eigenvalue weighted by Crippen LogP contribution is 2.60. The third-order valence-electron chi connectivity index (χ3n) is 8.08. The first-order valence-electron chi connectivity index (χ1n) is 11.2. The molecule has 2 bridgehead atoms. The first-order chi connectivity index (χ1) is 13.8. The lowest BCUT2D eigenvalue weighted by Crippen LogP contribution is -2.59. The Balaban J connectivity index is 0.00000256. The summed E-state index contributed by atoms with van der Waals surface area (Å²) in [5.74, 6) is 0.142. The summed E-state index contributed by atoms with van der Waals surface area (Å²) in [6.45, 7) is 13.1. The highest BCUT2D eigenvalue weighted by molar-refractivity contribution is 6.03. The Morgan fingerprint density at radius 3 is 2.23 bits per heavy atom. The summed E-state index contributed by atoms with van der Waals surface area (Å²) in [6.07, 6.45) is 2.57. The number of carbonyl (C=O) groups excluding carboxylic acids is 2. The zero-order valence-corrected chi connectivity index (χ0v) is 19.4. The molecule has 6 heteroatoms. The van der Waals surface area contributed by atoms with Crippen molar-refractivity contribution in [3.63, 3.8) is 0 Å². The molecule has 0 spiro atoms. The number of rotatable bonds is 6. The van der Waals surface area contributed by atoms with Crippen molar-refractivity contribution < 1.29 is 9.59 Å². The zero-order valence-electron chi connectivity index (χ0n) is 18.6. The molecule has 4 rings (SSSR count). The molecular formula is C24H36ClN3O2. The number of hydrogen-bond acceptors (Lipinski definition) is 4. The normalized spacial score (nSPS) is 29.2. The van der Waals surface area contributed by atoms with Crippen LogP contribution < -0.4 is 0 Å². The van der Waals surface area contributed by atoms with Gasteiger partial charge in [0.25, 0.3) is 0 Å². The van der Waals surface area contributed by atoms with E-state index in [1.807, 2.05) is 0 Å². The molecule has 166 valence electrons. The third-order valence-corrected chi connectivity index (χ3v) is 8.08. The van der Waals surface area contributed by atoms with Gasteiger partial charge in [-0.25, -0.2) is 0 Å². The van der Waals surface area contributed by atoms with Crippen molar-refractivity contribution >= 4 is 24.2 Å². The number of hydrogen-bond donors (Lipinski definition) is 0. The van der Waals surface area contributed by atoms with Gasteiger partial charge in [0, 0.05) is 45.2 Å². The highest BCUT2D eigenvalue weighted by Gasteiger charge is 2.64. The first kappa shape index (κ1) is 23.2. The molecular weight excluding hydrogens is 398 g/mol. The molecule has 1 saturated carbocycles. The number of imide groups is 1. The van der Waals surface area contributed by atoms with E-state index in [-0.39, 0.29) is 41.0 Å². The molecule has 2 unspecified atom stereocenters. The number of piperidine rings is 1. The minimum atomic E-state index is -0.380. The number of halogens is 1. The van der Waals surface area contributed by atoms with Crippen LogP contribution in [0.15, 0.2) is 30.3 Å². The topological polar surface area (TPSA) is 43.9 Å². The molecule has 0 N–H and O–H groups in total. The Morgan fingerprint density at radius 1 is 0.933 bits per heavy atom. The maximum absolute atomic E-state index is 13.1. The summed E-state index contributed by atoms with van der Waals surface area (Å²) in [7, 11) is 0. The molecule has 1 aromatic carbocycles. The van der Waals surface area contributed by atoms with Crippen LogP contribution in [-0.4, -0.2) is 65.8 Å². The average molecular weight is 434 g/mol. The van der Waals surface area contributed by atoms with Gasteiger partial charge in [-0.3, -0.25) is 19.4 Å². The van der Waals surface area contributed by atoms with Gasteiger partial charge in [0.2, 0.25) is 11.8 Å². The molecule has 3 fully saturated rings. The van der Waals surface area contributed by atoms with Crippen molar-refractivity contribution in [2.75, 3.05) is 39.3 Å². The smallest absolute Gasteiger partial charge is 0.235 e. The van der Waals surface area contributed by atoms with E-state index in [1.54, 1.807) is 4.90 Å². The van der Waals surface area contributed by atoms with E-state index in [4.69, 9.17) is 0 Å². The molecule has 5 nitrogen and oxygen atoms in total. The van der Waals surface area contributed by atoms with Crippen LogP contribution in [0.5, 0.6) is 0 Å². The van der Waals surface area contributed by atoms with Gasteiger partial charge < -0.3 is 4.90 Å². The SMILES string of the molecule is CC12CCC(C(=O)N(CCCN3CCN(Cc4ccccc4)CC3)C1=O)C2(C)C.Cl. The molecule has 2 aliphatic heterocycles. The molecule has 3 aliphatic rings. The average Bonchev–Trinajstić information content (AvgIpc) is 2.90.